The summed E-state index contributed by atoms with van der Waals surface area (Å²) in [6.45, 7) is 10.7. The highest BCUT2D eigenvalue weighted by Gasteiger charge is 2.50. The second-order valence-corrected chi connectivity index (χ2v) is 29.0. The third kappa shape index (κ3) is 32.3. The Morgan fingerprint density at radius 2 is 0.476 bits per heavy atom. The van der Waals surface area contributed by atoms with E-state index in [0.29, 0.717) is 23.0 Å². The van der Waals surface area contributed by atoms with Gasteiger partial charge in [0.1, 0.15) is 0 Å². The molecule has 4 rings (SSSR count). The molecule has 4 heterocycles. The summed E-state index contributed by atoms with van der Waals surface area (Å²) in [6, 6.07) is 8.59. The average Bonchev–Trinajstić information content (AvgIpc) is 2.46. The van der Waals surface area contributed by atoms with E-state index in [4.69, 9.17) is 0 Å². The van der Waals surface area contributed by atoms with E-state index in [1.54, 1.807) is 22.7 Å². The molecular weight excluding hydrogens is 1060 g/mol. The lowest BCUT2D eigenvalue weighted by atomic mass is 9.93. The lowest BCUT2D eigenvalue weighted by Gasteiger charge is -2.29. The van der Waals surface area contributed by atoms with Crippen molar-refractivity contribution in [1.82, 2.24) is 9.80 Å². The number of hydrogen-bond acceptors (Lipinski definition) is 4. The zero-order valence-corrected chi connectivity index (χ0v) is 57.8. The third-order valence-corrected chi connectivity index (χ3v) is 21.2. The fraction of sp³-hybridized carbons (Fsp3) is 0.821. The molecule has 0 saturated carbocycles. The number of thiophene rings is 2. The van der Waals surface area contributed by atoms with E-state index in [1.165, 1.54) is 360 Å². The van der Waals surface area contributed by atoms with Gasteiger partial charge in [0.05, 0.1) is 32.3 Å². The molecule has 2 unspecified atom stereocenters. The molecule has 2 aliphatic rings. The maximum atomic E-state index is 15.6. The van der Waals surface area contributed by atoms with Crippen LogP contribution in [0.1, 0.15) is 397 Å². The van der Waals surface area contributed by atoms with Crippen LogP contribution in [0.4, 0.5) is 0 Å². The number of nitrogens with zero attached hydrogens (tertiary/aromatic N) is 2. The van der Waals surface area contributed by atoms with Gasteiger partial charge in [0.15, 0.2) is 0 Å². The molecule has 0 fully saturated rings. The van der Waals surface area contributed by atoms with Gasteiger partial charge in [-0.15, -0.1) is 22.7 Å². The molecule has 482 valence electrons. The van der Waals surface area contributed by atoms with Gasteiger partial charge in [0.25, 0.3) is 11.8 Å². The highest BCUT2D eigenvalue weighted by Crippen LogP contribution is 2.49. The van der Waals surface area contributed by atoms with Crippen molar-refractivity contribution in [2.24, 2.45) is 11.8 Å². The molecule has 2 atom stereocenters. The number of carbonyl (C=O) groups excluding carboxylic acids is 2. The number of carbonyl (C=O) groups is 2. The van der Waals surface area contributed by atoms with Crippen molar-refractivity contribution in [1.29, 1.82) is 0 Å². The van der Waals surface area contributed by atoms with Crippen LogP contribution >= 0.6 is 22.7 Å². The van der Waals surface area contributed by atoms with Crippen molar-refractivity contribution >= 4 is 45.9 Å². The first kappa shape index (κ1) is 74.3. The number of hydrogen-bond donors (Lipinski definition) is 0. The van der Waals surface area contributed by atoms with E-state index in [1.807, 2.05) is 0 Å². The van der Waals surface area contributed by atoms with E-state index in [9.17, 15) is 0 Å². The Morgan fingerprint density at radius 3 is 0.655 bits per heavy atom. The minimum atomic E-state index is 0.0813. The van der Waals surface area contributed by atoms with Crippen LogP contribution in [0.15, 0.2) is 46.2 Å². The normalized spacial score (nSPS) is 14.4. The summed E-state index contributed by atoms with van der Waals surface area (Å²) >= 11 is 3.41. The number of amides is 2. The van der Waals surface area contributed by atoms with Gasteiger partial charge in [0, 0.05) is 13.1 Å². The molecule has 4 nitrogen and oxygen atoms in total. The molecule has 0 radical (unpaired) electrons. The van der Waals surface area contributed by atoms with E-state index >= 15 is 9.59 Å². The topological polar surface area (TPSA) is 40.6 Å². The second kappa shape index (κ2) is 51.7. The lowest BCUT2D eigenvalue weighted by Crippen LogP contribution is -2.34. The maximum Gasteiger partial charge on any atom is 0.261 e. The molecule has 0 bridgehead atoms. The standard InChI is InChI=1S/C78H136N2O2S2/c1-5-9-13-17-21-25-29-33-35-39-43-47-51-55-61-69(59-53-49-45-41-37-31-27-23-19-15-11-7-3)67-79-75(71-63-57-65-83-71)73-74(77(79)81)76(72-64-58-66-84-72)80(78(73)82)68-70(60-54-50-46-42-38-32-28-24-20-16-12-8-4)62-56-52-48-44-40-36-34-30-26-22-18-14-10-6-2/h57-58,63-66,69-70H,5-56,59-62,67-68H2,1-4H3. The Kier molecular flexibility index (Phi) is 45.7. The molecule has 2 aromatic heterocycles. The van der Waals surface area contributed by atoms with Gasteiger partial charge in [0.2, 0.25) is 0 Å². The summed E-state index contributed by atoms with van der Waals surface area (Å²) in [5, 5.41) is 4.29. The van der Waals surface area contributed by atoms with Gasteiger partial charge in [-0.05, 0) is 60.4 Å². The molecule has 2 aliphatic heterocycles. The van der Waals surface area contributed by atoms with Gasteiger partial charge < -0.3 is 9.80 Å². The van der Waals surface area contributed by atoms with Crippen LogP contribution in [0.5, 0.6) is 0 Å². The zero-order chi connectivity index (χ0) is 59.6. The summed E-state index contributed by atoms with van der Waals surface area (Å²) in [7, 11) is 0. The molecule has 84 heavy (non-hydrogen) atoms. The predicted octanol–water partition coefficient (Wildman–Crippen LogP) is 26.8. The van der Waals surface area contributed by atoms with Gasteiger partial charge in [-0.1, -0.05) is 374 Å². The molecule has 0 saturated heterocycles. The minimum absolute atomic E-state index is 0.0813. The summed E-state index contributed by atoms with van der Waals surface area (Å²) < 4.78 is 0. The molecule has 2 aromatic rings. The Bertz CT molecular complexity index is 1760. The SMILES string of the molecule is CCCCCCCCCCCCCCCCC(CCCCCCCCCCCCCC)CN1C(=O)C2=C(c3cccs3)N(CC(CCCCCCCCCCCCCC)CCCCCCCCCCCCCCCC)C(=O)C2=C1c1cccs1. The van der Waals surface area contributed by atoms with Crippen molar-refractivity contribution < 1.29 is 9.59 Å². The molecule has 0 N–H and O–H groups in total. The van der Waals surface area contributed by atoms with Crippen molar-refractivity contribution in [3.05, 3.63) is 55.9 Å². The maximum absolute atomic E-state index is 15.6. The van der Waals surface area contributed by atoms with E-state index in [0.717, 1.165) is 34.2 Å². The van der Waals surface area contributed by atoms with Crippen LogP contribution in [-0.2, 0) is 9.59 Å². The average molecular weight is 1200 g/mol. The van der Waals surface area contributed by atoms with Crippen LogP contribution in [0.3, 0.4) is 0 Å². The van der Waals surface area contributed by atoms with Crippen LogP contribution in [-0.4, -0.2) is 34.7 Å². The summed E-state index contributed by atoms with van der Waals surface area (Å²) in [5.41, 5.74) is 3.23. The first-order valence-electron chi connectivity index (χ1n) is 37.8. The van der Waals surface area contributed by atoms with Crippen LogP contribution in [0.25, 0.3) is 11.4 Å². The van der Waals surface area contributed by atoms with E-state index in [-0.39, 0.29) is 11.8 Å². The van der Waals surface area contributed by atoms with Crippen molar-refractivity contribution in [3.8, 4) is 0 Å². The Labute approximate surface area is 530 Å². The molecular formula is C78H136N2O2S2. The Balaban J connectivity index is 1.43. The highest BCUT2D eigenvalue weighted by molar-refractivity contribution is 7.11. The smallest absolute Gasteiger partial charge is 0.261 e. The fourth-order valence-electron chi connectivity index (χ4n) is 14.1. The highest BCUT2D eigenvalue weighted by atomic mass is 32.1. The zero-order valence-electron chi connectivity index (χ0n) is 56.2. The molecule has 0 spiro atoms. The quantitative estimate of drug-likeness (QED) is 0.0619. The lowest BCUT2D eigenvalue weighted by molar-refractivity contribution is -0.124. The minimum Gasteiger partial charge on any atom is -0.306 e. The molecule has 0 aliphatic carbocycles. The van der Waals surface area contributed by atoms with Crippen LogP contribution in [0.2, 0.25) is 0 Å². The van der Waals surface area contributed by atoms with Crippen LogP contribution in [0, 0.1) is 11.8 Å². The number of fused-ring (bicyclic) bond motifs is 1. The molecule has 2 amide bonds. The van der Waals surface area contributed by atoms with Crippen molar-refractivity contribution in [2.45, 2.75) is 387 Å². The van der Waals surface area contributed by atoms with Gasteiger partial charge in [-0.2, -0.15) is 0 Å². The van der Waals surface area contributed by atoms with E-state index in [2.05, 4.69) is 72.5 Å². The van der Waals surface area contributed by atoms with Gasteiger partial charge in [-0.3, -0.25) is 9.59 Å². The summed E-state index contributed by atoms with van der Waals surface area (Å²) in [4.78, 5) is 37.5. The monoisotopic (exact) mass is 1200 g/mol. The third-order valence-electron chi connectivity index (χ3n) is 19.4. The Hall–Kier alpha value is -2.18. The largest absolute Gasteiger partial charge is 0.306 e. The van der Waals surface area contributed by atoms with Crippen molar-refractivity contribution in [3.63, 3.8) is 0 Å². The predicted molar refractivity (Wildman–Crippen MR) is 374 cm³/mol. The fourth-order valence-corrected chi connectivity index (χ4v) is 15.6. The Morgan fingerprint density at radius 1 is 0.286 bits per heavy atom. The first-order chi connectivity index (χ1) is 41.5. The number of rotatable bonds is 62. The second-order valence-electron chi connectivity index (χ2n) is 27.1. The summed E-state index contributed by atoms with van der Waals surface area (Å²) in [5.74, 6) is 1.03. The van der Waals surface area contributed by atoms with Gasteiger partial charge in [-0.25, -0.2) is 0 Å². The molecule has 6 heteroatoms. The van der Waals surface area contributed by atoms with Crippen molar-refractivity contribution in [2.75, 3.05) is 13.1 Å². The van der Waals surface area contributed by atoms with Gasteiger partial charge >= 0.3 is 0 Å². The number of unbranched alkanes of at least 4 members (excludes halogenated alkanes) is 48. The summed E-state index contributed by atoms with van der Waals surface area (Å²) in [6.07, 6.45) is 75.9. The van der Waals surface area contributed by atoms with E-state index < -0.39 is 0 Å². The molecule has 0 aromatic carbocycles. The van der Waals surface area contributed by atoms with Crippen LogP contribution < -0.4 is 0 Å². The first-order valence-corrected chi connectivity index (χ1v) is 39.5.